The maximum Gasteiger partial charge on any atom is 0.260 e. The number of hydrogen-bond acceptors (Lipinski definition) is 4. The quantitative estimate of drug-likeness (QED) is 0.764. The number of nitrogens with zero attached hydrogens (tertiary/aromatic N) is 2. The van der Waals surface area contributed by atoms with E-state index in [2.05, 4.69) is 10.2 Å². The number of ether oxygens (including phenoxy) is 1. The molecule has 1 rings (SSSR count). The molecule has 5 heteroatoms. The average Bonchev–Trinajstić information content (AvgIpc) is 2.44. The lowest BCUT2D eigenvalue weighted by atomic mass is 10.2. The Bertz CT molecular complexity index is 463. The first-order chi connectivity index (χ1) is 9.52. The molecule has 108 valence electrons. The number of carbonyl (C=O) groups excluding carboxylic acids is 1. The third kappa shape index (κ3) is 5.72. The van der Waals surface area contributed by atoms with E-state index in [1.165, 1.54) is 0 Å². The molecule has 1 aromatic rings. The van der Waals surface area contributed by atoms with Crippen molar-refractivity contribution in [2.45, 2.75) is 19.4 Å². The van der Waals surface area contributed by atoms with Gasteiger partial charge < -0.3 is 15.0 Å². The van der Waals surface area contributed by atoms with Crippen LogP contribution < -0.4 is 10.1 Å². The van der Waals surface area contributed by atoms with Crippen LogP contribution in [0.15, 0.2) is 24.3 Å². The summed E-state index contributed by atoms with van der Waals surface area (Å²) in [7, 11) is 4.00. The number of amides is 1. The number of hydrogen-bond donors (Lipinski definition) is 1. The van der Waals surface area contributed by atoms with E-state index in [9.17, 15) is 4.79 Å². The van der Waals surface area contributed by atoms with E-state index in [1.54, 1.807) is 31.2 Å². The van der Waals surface area contributed by atoms with Crippen molar-refractivity contribution < 1.29 is 9.53 Å². The Labute approximate surface area is 120 Å². The molecule has 0 heterocycles. The fourth-order valence-corrected chi connectivity index (χ4v) is 1.62. The molecular formula is C15H21N3O2. The smallest absolute Gasteiger partial charge is 0.260 e. The molecule has 20 heavy (non-hydrogen) atoms. The summed E-state index contributed by atoms with van der Waals surface area (Å²) in [6, 6.07) is 8.74. The maximum absolute atomic E-state index is 11.8. The number of carbonyl (C=O) groups is 1. The number of benzene rings is 1. The minimum atomic E-state index is -0.553. The van der Waals surface area contributed by atoms with E-state index in [4.69, 9.17) is 10.00 Å². The molecule has 0 fully saturated rings. The molecule has 0 aliphatic heterocycles. The lowest BCUT2D eigenvalue weighted by Gasteiger charge is -2.15. The van der Waals surface area contributed by atoms with Crippen LogP contribution in [0, 0.1) is 11.3 Å². The zero-order valence-corrected chi connectivity index (χ0v) is 12.2. The summed E-state index contributed by atoms with van der Waals surface area (Å²) < 4.78 is 5.52. The number of nitrogens with one attached hydrogen (secondary N) is 1. The van der Waals surface area contributed by atoms with Crippen molar-refractivity contribution >= 4 is 5.91 Å². The Kier molecular flexibility index (Phi) is 6.54. The van der Waals surface area contributed by atoms with Gasteiger partial charge in [0.2, 0.25) is 0 Å². The summed E-state index contributed by atoms with van der Waals surface area (Å²) in [5, 5.41) is 11.5. The van der Waals surface area contributed by atoms with Crippen LogP contribution in [-0.4, -0.2) is 44.1 Å². The van der Waals surface area contributed by atoms with Crippen molar-refractivity contribution in [2.75, 3.05) is 27.2 Å². The Morgan fingerprint density at radius 3 is 2.60 bits per heavy atom. The topological polar surface area (TPSA) is 65.4 Å². The Balaban J connectivity index is 2.35. The molecule has 5 nitrogen and oxygen atoms in total. The van der Waals surface area contributed by atoms with Crippen LogP contribution in [0.1, 0.15) is 18.9 Å². The van der Waals surface area contributed by atoms with Crippen molar-refractivity contribution in [3.63, 3.8) is 0 Å². The van der Waals surface area contributed by atoms with Crippen molar-refractivity contribution in [3.8, 4) is 11.8 Å². The van der Waals surface area contributed by atoms with E-state index in [0.717, 1.165) is 13.0 Å². The Morgan fingerprint density at radius 2 is 2.05 bits per heavy atom. The standard InChI is InChI=1S/C15H21N3O2/c1-12(15(19)17-9-4-10-18(2)3)20-14-7-5-13(11-16)6-8-14/h5-8,12H,4,9-10H2,1-3H3,(H,17,19). The van der Waals surface area contributed by atoms with Gasteiger partial charge in [-0.25, -0.2) is 0 Å². The fraction of sp³-hybridized carbons (Fsp3) is 0.467. The van der Waals surface area contributed by atoms with Gasteiger partial charge in [0.15, 0.2) is 6.10 Å². The zero-order valence-electron chi connectivity index (χ0n) is 12.2. The molecule has 1 atom stereocenters. The Morgan fingerprint density at radius 1 is 1.40 bits per heavy atom. The second-order valence-corrected chi connectivity index (χ2v) is 4.84. The molecule has 0 spiro atoms. The van der Waals surface area contributed by atoms with Crippen molar-refractivity contribution in [1.82, 2.24) is 10.2 Å². The van der Waals surface area contributed by atoms with Gasteiger partial charge in [-0.2, -0.15) is 5.26 Å². The molecule has 0 aliphatic rings. The van der Waals surface area contributed by atoms with E-state index >= 15 is 0 Å². The highest BCUT2D eigenvalue weighted by Gasteiger charge is 2.13. The van der Waals surface area contributed by atoms with Crippen molar-refractivity contribution in [3.05, 3.63) is 29.8 Å². The predicted molar refractivity (Wildman–Crippen MR) is 77.4 cm³/mol. The van der Waals surface area contributed by atoms with Gasteiger partial charge >= 0.3 is 0 Å². The summed E-state index contributed by atoms with van der Waals surface area (Å²) >= 11 is 0. The normalized spacial score (nSPS) is 11.8. The summed E-state index contributed by atoms with van der Waals surface area (Å²) in [4.78, 5) is 13.9. The Hall–Kier alpha value is -2.06. The minimum absolute atomic E-state index is 0.131. The van der Waals surface area contributed by atoms with Gasteiger partial charge in [-0.05, 0) is 58.3 Å². The third-order valence-corrected chi connectivity index (χ3v) is 2.75. The second-order valence-electron chi connectivity index (χ2n) is 4.84. The molecule has 0 aliphatic carbocycles. The third-order valence-electron chi connectivity index (χ3n) is 2.75. The van der Waals surface area contributed by atoms with E-state index in [-0.39, 0.29) is 5.91 Å². The fourth-order valence-electron chi connectivity index (χ4n) is 1.62. The molecule has 1 unspecified atom stereocenters. The molecule has 0 bridgehead atoms. The van der Waals surface area contributed by atoms with Crippen LogP contribution in [0.3, 0.4) is 0 Å². The van der Waals surface area contributed by atoms with Crippen molar-refractivity contribution in [2.24, 2.45) is 0 Å². The van der Waals surface area contributed by atoms with Crippen molar-refractivity contribution in [1.29, 1.82) is 5.26 Å². The second kappa shape index (κ2) is 8.18. The summed E-state index contributed by atoms with van der Waals surface area (Å²) in [6.07, 6.45) is 0.352. The highest BCUT2D eigenvalue weighted by molar-refractivity contribution is 5.80. The van der Waals surface area contributed by atoms with E-state index in [1.807, 2.05) is 20.2 Å². The van der Waals surface area contributed by atoms with Gasteiger partial charge in [0, 0.05) is 6.54 Å². The first kappa shape index (κ1) is 16.0. The van der Waals surface area contributed by atoms with Crippen LogP contribution in [-0.2, 0) is 4.79 Å². The van der Waals surface area contributed by atoms with Crippen LogP contribution >= 0.6 is 0 Å². The van der Waals surface area contributed by atoms with Crippen LogP contribution in [0.4, 0.5) is 0 Å². The average molecular weight is 275 g/mol. The molecular weight excluding hydrogens is 254 g/mol. The van der Waals surface area contributed by atoms with E-state index < -0.39 is 6.10 Å². The molecule has 0 saturated heterocycles. The first-order valence-electron chi connectivity index (χ1n) is 6.62. The zero-order chi connectivity index (χ0) is 15.0. The minimum Gasteiger partial charge on any atom is -0.481 e. The molecule has 0 radical (unpaired) electrons. The lowest BCUT2D eigenvalue weighted by Crippen LogP contribution is -2.37. The van der Waals surface area contributed by atoms with Gasteiger partial charge in [-0.3, -0.25) is 4.79 Å². The highest BCUT2D eigenvalue weighted by atomic mass is 16.5. The van der Waals surface area contributed by atoms with Gasteiger partial charge in [-0.15, -0.1) is 0 Å². The predicted octanol–water partition coefficient (Wildman–Crippen LogP) is 1.39. The van der Waals surface area contributed by atoms with Gasteiger partial charge in [0.1, 0.15) is 5.75 Å². The largest absolute Gasteiger partial charge is 0.481 e. The van der Waals surface area contributed by atoms with Gasteiger partial charge in [0.05, 0.1) is 11.6 Å². The van der Waals surface area contributed by atoms with Crippen LogP contribution in [0.5, 0.6) is 5.75 Å². The summed E-state index contributed by atoms with van der Waals surface area (Å²) in [6.45, 7) is 3.28. The molecule has 0 aromatic heterocycles. The molecule has 1 N–H and O–H groups in total. The molecule has 1 amide bonds. The number of rotatable bonds is 7. The summed E-state index contributed by atoms with van der Waals surface area (Å²) in [5.74, 6) is 0.452. The number of nitriles is 1. The van der Waals surface area contributed by atoms with Gasteiger partial charge in [0.25, 0.3) is 5.91 Å². The summed E-state index contributed by atoms with van der Waals surface area (Å²) in [5.41, 5.74) is 0.568. The highest BCUT2D eigenvalue weighted by Crippen LogP contribution is 2.13. The first-order valence-corrected chi connectivity index (χ1v) is 6.62. The monoisotopic (exact) mass is 275 g/mol. The van der Waals surface area contributed by atoms with E-state index in [0.29, 0.717) is 17.9 Å². The molecule has 1 aromatic carbocycles. The maximum atomic E-state index is 11.8. The van der Waals surface area contributed by atoms with Crippen LogP contribution in [0.2, 0.25) is 0 Å². The lowest BCUT2D eigenvalue weighted by molar-refractivity contribution is -0.127. The van der Waals surface area contributed by atoms with Gasteiger partial charge in [-0.1, -0.05) is 0 Å². The molecule has 0 saturated carbocycles. The SMILES string of the molecule is CC(Oc1ccc(C#N)cc1)C(=O)NCCCN(C)C. The van der Waals surface area contributed by atoms with Crippen LogP contribution in [0.25, 0.3) is 0 Å².